The van der Waals surface area contributed by atoms with Gasteiger partial charge >= 0.3 is 12.6 Å². The molecule has 2 rings (SSSR count). The molecule has 0 fully saturated rings. The number of anilines is 1. The SMILES string of the molecule is CCOC(=O)c1cnc(NC(=O)c2ccc(OC(F)F)c(OC)c2)[nH]1. The molecule has 25 heavy (non-hydrogen) atoms. The van der Waals surface area contributed by atoms with Crippen molar-refractivity contribution in [3.63, 3.8) is 0 Å². The molecule has 8 nitrogen and oxygen atoms in total. The van der Waals surface area contributed by atoms with Gasteiger partial charge in [-0.1, -0.05) is 0 Å². The summed E-state index contributed by atoms with van der Waals surface area (Å²) in [5.74, 6) is -1.39. The van der Waals surface area contributed by atoms with E-state index in [1.165, 1.54) is 31.5 Å². The summed E-state index contributed by atoms with van der Waals surface area (Å²) in [4.78, 5) is 30.1. The molecule has 0 aliphatic rings. The Morgan fingerprint density at radius 2 is 2.08 bits per heavy atom. The van der Waals surface area contributed by atoms with Gasteiger partial charge in [0.15, 0.2) is 11.5 Å². The van der Waals surface area contributed by atoms with Crippen LogP contribution in [0.4, 0.5) is 14.7 Å². The molecule has 0 unspecified atom stereocenters. The maximum Gasteiger partial charge on any atom is 0.387 e. The van der Waals surface area contributed by atoms with E-state index >= 15 is 0 Å². The number of aromatic amines is 1. The average Bonchev–Trinajstić information content (AvgIpc) is 3.03. The van der Waals surface area contributed by atoms with E-state index in [-0.39, 0.29) is 35.3 Å². The first-order valence-electron chi connectivity index (χ1n) is 7.11. The minimum Gasteiger partial charge on any atom is -0.493 e. The molecule has 1 aromatic carbocycles. The summed E-state index contributed by atoms with van der Waals surface area (Å²) < 4.78 is 38.6. The van der Waals surface area contributed by atoms with Crippen LogP contribution in [-0.4, -0.2) is 42.2 Å². The highest BCUT2D eigenvalue weighted by Gasteiger charge is 2.16. The molecule has 0 radical (unpaired) electrons. The molecule has 1 aromatic heterocycles. The number of nitrogens with zero attached hydrogens (tertiary/aromatic N) is 1. The predicted molar refractivity (Wildman–Crippen MR) is 82.1 cm³/mol. The summed E-state index contributed by atoms with van der Waals surface area (Å²) in [7, 11) is 1.26. The molecule has 2 aromatic rings. The van der Waals surface area contributed by atoms with E-state index in [0.717, 1.165) is 0 Å². The lowest BCUT2D eigenvalue weighted by atomic mass is 10.2. The van der Waals surface area contributed by atoms with Gasteiger partial charge in [-0.2, -0.15) is 8.78 Å². The number of halogens is 2. The highest BCUT2D eigenvalue weighted by atomic mass is 19.3. The van der Waals surface area contributed by atoms with Crippen LogP contribution in [0.15, 0.2) is 24.4 Å². The first kappa shape index (κ1) is 18.2. The number of carbonyl (C=O) groups is 2. The van der Waals surface area contributed by atoms with Crippen molar-refractivity contribution in [2.45, 2.75) is 13.5 Å². The maximum absolute atomic E-state index is 12.3. The second-order valence-corrected chi connectivity index (χ2v) is 4.56. The minimum absolute atomic E-state index is 0.0277. The minimum atomic E-state index is -3.02. The molecule has 0 saturated heterocycles. The highest BCUT2D eigenvalue weighted by Crippen LogP contribution is 2.29. The fourth-order valence-corrected chi connectivity index (χ4v) is 1.88. The van der Waals surface area contributed by atoms with Crippen LogP contribution in [0.25, 0.3) is 0 Å². The number of hydrogen-bond donors (Lipinski definition) is 2. The number of aromatic nitrogens is 2. The van der Waals surface area contributed by atoms with Gasteiger partial charge < -0.3 is 19.2 Å². The molecule has 2 N–H and O–H groups in total. The lowest BCUT2D eigenvalue weighted by Crippen LogP contribution is -2.14. The Kier molecular flexibility index (Phi) is 5.88. The third-order valence-corrected chi connectivity index (χ3v) is 2.94. The Morgan fingerprint density at radius 1 is 1.32 bits per heavy atom. The van der Waals surface area contributed by atoms with E-state index in [2.05, 4.69) is 20.0 Å². The predicted octanol–water partition coefficient (Wildman–Crippen LogP) is 2.45. The molecule has 0 aliphatic carbocycles. The van der Waals surface area contributed by atoms with Gasteiger partial charge in [0, 0.05) is 5.56 Å². The van der Waals surface area contributed by atoms with Crippen molar-refractivity contribution in [3.8, 4) is 11.5 Å². The van der Waals surface area contributed by atoms with Crippen molar-refractivity contribution in [3.05, 3.63) is 35.7 Å². The van der Waals surface area contributed by atoms with Crippen LogP contribution in [0.2, 0.25) is 0 Å². The molecule has 1 amide bonds. The lowest BCUT2D eigenvalue weighted by Gasteiger charge is -2.11. The monoisotopic (exact) mass is 355 g/mol. The molecule has 0 bridgehead atoms. The molecule has 0 saturated carbocycles. The highest BCUT2D eigenvalue weighted by molar-refractivity contribution is 6.04. The van der Waals surface area contributed by atoms with Crippen molar-refractivity contribution >= 4 is 17.8 Å². The van der Waals surface area contributed by atoms with E-state index in [9.17, 15) is 18.4 Å². The van der Waals surface area contributed by atoms with Crippen LogP contribution in [0, 0.1) is 0 Å². The van der Waals surface area contributed by atoms with E-state index in [1.54, 1.807) is 6.92 Å². The largest absolute Gasteiger partial charge is 0.493 e. The summed E-state index contributed by atoms with van der Waals surface area (Å²) in [6.07, 6.45) is 1.22. The van der Waals surface area contributed by atoms with Gasteiger partial charge in [0.05, 0.1) is 19.9 Å². The first-order chi connectivity index (χ1) is 11.9. The van der Waals surface area contributed by atoms with Crippen LogP contribution in [-0.2, 0) is 4.74 Å². The zero-order chi connectivity index (χ0) is 18.4. The number of rotatable bonds is 7. The fraction of sp³-hybridized carbons (Fsp3) is 0.267. The normalized spacial score (nSPS) is 10.4. The van der Waals surface area contributed by atoms with Crippen molar-refractivity contribution in [1.82, 2.24) is 9.97 Å². The lowest BCUT2D eigenvalue weighted by molar-refractivity contribution is -0.0512. The number of amides is 1. The van der Waals surface area contributed by atoms with E-state index in [4.69, 9.17) is 9.47 Å². The number of imidazole rings is 1. The van der Waals surface area contributed by atoms with Crippen molar-refractivity contribution in [2.75, 3.05) is 19.0 Å². The number of ether oxygens (including phenoxy) is 3. The van der Waals surface area contributed by atoms with Crippen molar-refractivity contribution in [1.29, 1.82) is 0 Å². The Balaban J connectivity index is 2.11. The molecule has 1 heterocycles. The molecule has 0 spiro atoms. The number of methoxy groups -OCH3 is 1. The molecule has 134 valence electrons. The molecular weight excluding hydrogens is 340 g/mol. The molecule has 0 atom stereocenters. The smallest absolute Gasteiger partial charge is 0.387 e. The number of esters is 1. The summed E-state index contributed by atoms with van der Waals surface area (Å²) in [5, 5.41) is 2.43. The first-order valence-corrected chi connectivity index (χ1v) is 7.11. The standard InChI is InChI=1S/C15H15F2N3O5/c1-3-24-13(22)9-7-18-15(19-9)20-12(21)8-4-5-10(25-14(16)17)11(6-8)23-2/h4-7,14H,3H2,1-2H3,(H2,18,19,20,21). The van der Waals surface area contributed by atoms with Crippen LogP contribution >= 0.6 is 0 Å². The number of nitrogens with one attached hydrogen (secondary N) is 2. The molecular formula is C15H15F2N3O5. The van der Waals surface area contributed by atoms with Gasteiger partial charge in [-0.25, -0.2) is 9.78 Å². The third kappa shape index (κ3) is 4.66. The third-order valence-electron chi connectivity index (χ3n) is 2.94. The number of carbonyl (C=O) groups excluding carboxylic acids is 2. The number of benzene rings is 1. The van der Waals surface area contributed by atoms with Gasteiger partial charge in [-0.15, -0.1) is 0 Å². The Morgan fingerprint density at radius 3 is 2.72 bits per heavy atom. The van der Waals surface area contributed by atoms with Gasteiger partial charge in [-0.3, -0.25) is 10.1 Å². The number of hydrogen-bond acceptors (Lipinski definition) is 6. The average molecular weight is 355 g/mol. The van der Waals surface area contributed by atoms with Gasteiger partial charge in [0.2, 0.25) is 5.95 Å². The zero-order valence-electron chi connectivity index (χ0n) is 13.3. The summed E-state index contributed by atoms with van der Waals surface area (Å²) in [6, 6.07) is 3.71. The van der Waals surface area contributed by atoms with Crippen LogP contribution in [0.1, 0.15) is 27.8 Å². The number of H-pyrrole nitrogens is 1. The summed E-state index contributed by atoms with van der Waals surface area (Å²) in [5.41, 5.74) is 0.197. The quantitative estimate of drug-likeness (QED) is 0.740. The summed E-state index contributed by atoms with van der Waals surface area (Å²) >= 11 is 0. The van der Waals surface area contributed by atoms with Gasteiger partial charge in [0.1, 0.15) is 5.69 Å². The van der Waals surface area contributed by atoms with E-state index in [1.807, 2.05) is 0 Å². The van der Waals surface area contributed by atoms with Crippen molar-refractivity contribution in [2.24, 2.45) is 0 Å². The van der Waals surface area contributed by atoms with Crippen LogP contribution in [0.3, 0.4) is 0 Å². The van der Waals surface area contributed by atoms with Crippen LogP contribution < -0.4 is 14.8 Å². The Hall–Kier alpha value is -3.17. The van der Waals surface area contributed by atoms with Gasteiger partial charge in [0.25, 0.3) is 5.91 Å². The van der Waals surface area contributed by atoms with Gasteiger partial charge in [-0.05, 0) is 25.1 Å². The van der Waals surface area contributed by atoms with E-state index < -0.39 is 18.5 Å². The Bertz CT molecular complexity index is 763. The fourth-order valence-electron chi connectivity index (χ4n) is 1.88. The maximum atomic E-state index is 12.3. The molecule has 0 aliphatic heterocycles. The van der Waals surface area contributed by atoms with Crippen molar-refractivity contribution < 1.29 is 32.6 Å². The second kappa shape index (κ2) is 8.08. The number of alkyl halides is 2. The zero-order valence-corrected chi connectivity index (χ0v) is 13.3. The van der Waals surface area contributed by atoms with Crippen LogP contribution in [0.5, 0.6) is 11.5 Å². The topological polar surface area (TPSA) is 103 Å². The molecule has 10 heteroatoms. The van der Waals surface area contributed by atoms with E-state index in [0.29, 0.717) is 0 Å². The Labute approximate surface area is 141 Å². The second-order valence-electron chi connectivity index (χ2n) is 4.56. The summed E-state index contributed by atoms with van der Waals surface area (Å²) in [6.45, 7) is -1.16.